The van der Waals surface area contributed by atoms with Gasteiger partial charge in [-0.2, -0.15) is 0 Å². The van der Waals surface area contributed by atoms with E-state index in [4.69, 9.17) is 9.72 Å². The first-order chi connectivity index (χ1) is 16.0. The number of thioether (sulfide) groups is 1. The number of ether oxygens (including phenoxy) is 1. The minimum atomic E-state index is -0.108. The van der Waals surface area contributed by atoms with E-state index in [1.807, 2.05) is 55.5 Å². The maximum Gasteiger partial charge on any atom is 0.283 e. The molecule has 5 aromatic rings. The van der Waals surface area contributed by atoms with Crippen LogP contribution in [-0.2, 0) is 5.75 Å². The lowest BCUT2D eigenvalue weighted by atomic mass is 10.1. The number of para-hydroxylation sites is 1. The second-order valence-corrected chi connectivity index (χ2v) is 9.02. The Morgan fingerprint density at radius 2 is 1.82 bits per heavy atom. The molecule has 0 atom stereocenters. The smallest absolute Gasteiger partial charge is 0.283 e. The molecule has 0 aliphatic rings. The van der Waals surface area contributed by atoms with E-state index in [-0.39, 0.29) is 5.56 Å². The van der Waals surface area contributed by atoms with Crippen molar-refractivity contribution in [1.82, 2.24) is 14.5 Å². The molecule has 1 N–H and O–H groups in total. The van der Waals surface area contributed by atoms with Crippen LogP contribution in [0.2, 0.25) is 0 Å². The highest BCUT2D eigenvalue weighted by molar-refractivity contribution is 7.98. The molecular weight excluding hydrogens is 430 g/mol. The molecule has 0 aliphatic heterocycles. The second kappa shape index (κ2) is 8.79. The van der Waals surface area contributed by atoms with E-state index in [1.54, 1.807) is 16.3 Å². The molecule has 2 heterocycles. The highest BCUT2D eigenvalue weighted by Gasteiger charge is 2.17. The first-order valence-corrected chi connectivity index (χ1v) is 12.0. The normalized spacial score (nSPS) is 11.4. The molecule has 0 fully saturated rings. The van der Waals surface area contributed by atoms with Gasteiger partial charge in [-0.1, -0.05) is 53.7 Å². The zero-order chi connectivity index (χ0) is 22.9. The van der Waals surface area contributed by atoms with Crippen molar-refractivity contribution >= 4 is 33.7 Å². The van der Waals surface area contributed by atoms with Crippen LogP contribution in [0.15, 0.2) is 76.7 Å². The molecule has 33 heavy (non-hydrogen) atoms. The molecule has 0 spiro atoms. The van der Waals surface area contributed by atoms with E-state index in [0.717, 1.165) is 28.1 Å². The maximum absolute atomic E-state index is 13.7. The Kier molecular flexibility index (Phi) is 5.68. The molecule has 3 aromatic carbocycles. The highest BCUT2D eigenvalue weighted by Crippen LogP contribution is 2.29. The molecule has 0 amide bonds. The minimum absolute atomic E-state index is 0.108. The van der Waals surface area contributed by atoms with Gasteiger partial charge in [0, 0.05) is 16.7 Å². The monoisotopic (exact) mass is 455 g/mol. The van der Waals surface area contributed by atoms with Crippen LogP contribution in [0.3, 0.4) is 0 Å². The van der Waals surface area contributed by atoms with Crippen LogP contribution in [0.4, 0.5) is 0 Å². The van der Waals surface area contributed by atoms with Crippen molar-refractivity contribution in [2.75, 3.05) is 6.61 Å². The van der Waals surface area contributed by atoms with Gasteiger partial charge in [-0.25, -0.2) is 4.98 Å². The van der Waals surface area contributed by atoms with E-state index < -0.39 is 0 Å². The summed E-state index contributed by atoms with van der Waals surface area (Å²) in [6.45, 7) is 6.76. The van der Waals surface area contributed by atoms with Crippen molar-refractivity contribution in [1.29, 1.82) is 0 Å². The Hall–Kier alpha value is -3.51. The number of aromatic nitrogens is 3. The number of hydrogen-bond acceptors (Lipinski definition) is 4. The molecule has 166 valence electrons. The molecule has 0 saturated carbocycles. The minimum Gasteiger partial charge on any atom is -0.494 e. The Balaban J connectivity index is 1.67. The number of aromatic amines is 1. The molecular formula is C27H25N3O2S. The Morgan fingerprint density at radius 3 is 2.61 bits per heavy atom. The maximum atomic E-state index is 13.7. The predicted octanol–water partition coefficient (Wildman–Crippen LogP) is 6.17. The van der Waals surface area contributed by atoms with Crippen LogP contribution in [0.5, 0.6) is 5.75 Å². The zero-order valence-electron chi connectivity index (χ0n) is 18.9. The predicted molar refractivity (Wildman–Crippen MR) is 136 cm³/mol. The number of nitrogens with one attached hydrogen (secondary N) is 1. The third-order valence-corrected chi connectivity index (χ3v) is 6.75. The number of fused-ring (bicyclic) bond motifs is 3. The lowest BCUT2D eigenvalue weighted by Gasteiger charge is -2.14. The summed E-state index contributed by atoms with van der Waals surface area (Å²) >= 11 is 1.58. The summed E-state index contributed by atoms with van der Waals surface area (Å²) in [5.74, 6) is 1.50. The number of nitrogens with zero attached hydrogens (tertiary/aromatic N) is 2. The van der Waals surface area contributed by atoms with Crippen molar-refractivity contribution in [2.45, 2.75) is 31.7 Å². The third kappa shape index (κ3) is 4.02. The summed E-state index contributed by atoms with van der Waals surface area (Å²) in [6.07, 6.45) is 0. The molecule has 0 unspecified atom stereocenters. The number of H-pyrrole nitrogens is 1. The van der Waals surface area contributed by atoms with Gasteiger partial charge in [-0.15, -0.1) is 0 Å². The van der Waals surface area contributed by atoms with E-state index in [0.29, 0.717) is 22.8 Å². The van der Waals surface area contributed by atoms with Crippen molar-refractivity contribution in [3.05, 3.63) is 93.8 Å². The largest absolute Gasteiger partial charge is 0.494 e. The molecule has 0 radical (unpaired) electrons. The number of benzene rings is 3. The topological polar surface area (TPSA) is 59.9 Å². The van der Waals surface area contributed by atoms with E-state index in [1.165, 1.54) is 16.7 Å². The molecule has 2 aromatic heterocycles. The van der Waals surface area contributed by atoms with Crippen molar-refractivity contribution < 1.29 is 4.74 Å². The number of rotatable bonds is 6. The first-order valence-electron chi connectivity index (χ1n) is 11.0. The van der Waals surface area contributed by atoms with Gasteiger partial charge in [-0.05, 0) is 62.2 Å². The van der Waals surface area contributed by atoms with Gasteiger partial charge in [0.2, 0.25) is 0 Å². The molecule has 0 aliphatic carbocycles. The number of hydrogen-bond donors (Lipinski definition) is 1. The molecule has 0 saturated heterocycles. The summed E-state index contributed by atoms with van der Waals surface area (Å²) in [5, 5.41) is 1.62. The van der Waals surface area contributed by atoms with Gasteiger partial charge in [0.25, 0.3) is 5.56 Å². The van der Waals surface area contributed by atoms with Crippen LogP contribution in [0, 0.1) is 13.8 Å². The van der Waals surface area contributed by atoms with Crippen molar-refractivity contribution in [3.63, 3.8) is 0 Å². The summed E-state index contributed by atoms with van der Waals surface area (Å²) in [6, 6.07) is 22.0. The zero-order valence-corrected chi connectivity index (χ0v) is 19.7. The SMILES string of the molecule is CCOc1ccc(-n2c(SCc3cc(C)ccc3C)nc3c([nH]c4ccccc43)c2=O)cc1. The quantitative estimate of drug-likeness (QED) is 0.245. The second-order valence-electron chi connectivity index (χ2n) is 8.07. The lowest BCUT2D eigenvalue weighted by Crippen LogP contribution is -2.21. The van der Waals surface area contributed by atoms with Crippen LogP contribution in [-0.4, -0.2) is 21.1 Å². The van der Waals surface area contributed by atoms with Crippen molar-refractivity contribution in [3.8, 4) is 11.4 Å². The van der Waals surface area contributed by atoms with Crippen LogP contribution < -0.4 is 10.3 Å². The molecule has 5 rings (SSSR count). The summed E-state index contributed by atoms with van der Waals surface area (Å²) in [7, 11) is 0. The molecule has 5 nitrogen and oxygen atoms in total. The van der Waals surface area contributed by atoms with E-state index in [9.17, 15) is 4.79 Å². The fraction of sp³-hybridized carbons (Fsp3) is 0.185. The Labute approximate surface area is 196 Å². The number of aryl methyl sites for hydroxylation is 2. The fourth-order valence-electron chi connectivity index (χ4n) is 4.02. The van der Waals surface area contributed by atoms with Gasteiger partial charge in [0.05, 0.1) is 12.3 Å². The van der Waals surface area contributed by atoms with Crippen LogP contribution in [0.25, 0.3) is 27.6 Å². The summed E-state index contributed by atoms with van der Waals surface area (Å²) in [5.41, 5.74) is 6.49. The Morgan fingerprint density at radius 1 is 1.03 bits per heavy atom. The molecule has 6 heteroatoms. The summed E-state index contributed by atoms with van der Waals surface area (Å²) < 4.78 is 7.28. The van der Waals surface area contributed by atoms with Crippen molar-refractivity contribution in [2.24, 2.45) is 0 Å². The van der Waals surface area contributed by atoms with Gasteiger partial charge >= 0.3 is 0 Å². The summed E-state index contributed by atoms with van der Waals surface area (Å²) in [4.78, 5) is 22.0. The lowest BCUT2D eigenvalue weighted by molar-refractivity contribution is 0.340. The first kappa shape index (κ1) is 21.3. The average Bonchev–Trinajstić information content (AvgIpc) is 3.20. The van der Waals surface area contributed by atoms with Gasteiger partial charge in [0.15, 0.2) is 5.16 Å². The standard InChI is InChI=1S/C27H25N3O2S/c1-4-32-21-13-11-20(12-14-21)30-26(31)25-24(22-7-5-6-8-23(22)28-25)29-27(30)33-16-19-15-17(2)9-10-18(19)3/h5-15,28H,4,16H2,1-3H3. The fourth-order valence-corrected chi connectivity index (χ4v) is 5.09. The van der Waals surface area contributed by atoms with E-state index >= 15 is 0 Å². The van der Waals surface area contributed by atoms with Gasteiger partial charge < -0.3 is 9.72 Å². The Bertz CT molecular complexity index is 1520. The average molecular weight is 456 g/mol. The van der Waals surface area contributed by atoms with Crippen LogP contribution in [0.1, 0.15) is 23.6 Å². The molecule has 0 bridgehead atoms. The van der Waals surface area contributed by atoms with Gasteiger partial charge in [0.1, 0.15) is 16.8 Å². The van der Waals surface area contributed by atoms with Gasteiger partial charge in [-0.3, -0.25) is 9.36 Å². The van der Waals surface area contributed by atoms with E-state index in [2.05, 4.69) is 37.0 Å². The third-order valence-electron chi connectivity index (χ3n) is 5.76. The van der Waals surface area contributed by atoms with Crippen LogP contribution >= 0.6 is 11.8 Å². The highest BCUT2D eigenvalue weighted by atomic mass is 32.2.